The van der Waals surface area contributed by atoms with E-state index in [2.05, 4.69) is 37.0 Å². The lowest BCUT2D eigenvalue weighted by Gasteiger charge is -1.99. The first-order chi connectivity index (χ1) is 8.67. The maximum atomic E-state index is 11.1. The Balaban J connectivity index is 1.88. The summed E-state index contributed by atoms with van der Waals surface area (Å²) in [6.07, 6.45) is 0.221. The van der Waals surface area contributed by atoms with Crippen molar-refractivity contribution in [1.82, 2.24) is 4.98 Å². The predicted molar refractivity (Wildman–Crippen MR) is 77.2 cm³/mol. The van der Waals surface area contributed by atoms with E-state index in [-0.39, 0.29) is 12.4 Å². The molecule has 0 bridgehead atoms. The zero-order chi connectivity index (χ0) is 13.0. The summed E-state index contributed by atoms with van der Waals surface area (Å²) in [6.45, 7) is 0.738. The average molecular weight is 347 g/mol. The summed E-state index contributed by atoms with van der Waals surface area (Å²) in [5.41, 5.74) is 0.738. The molecule has 0 aliphatic carbocycles. The normalized spacial score (nSPS) is 10.3. The molecule has 0 unspecified atom stereocenters. The maximum Gasteiger partial charge on any atom is 0.311 e. The number of hydrogen-bond acceptors (Lipinski definition) is 6. The van der Waals surface area contributed by atoms with Gasteiger partial charge in [-0.05, 0) is 28.1 Å². The van der Waals surface area contributed by atoms with Crippen molar-refractivity contribution in [2.75, 3.05) is 12.4 Å². The fourth-order valence-electron chi connectivity index (χ4n) is 1.30. The molecule has 0 aliphatic heterocycles. The van der Waals surface area contributed by atoms with Gasteiger partial charge in [0, 0.05) is 10.3 Å². The SMILES string of the molecule is COC(=O)Cc1csc(NCc2ccc(Br)s2)n1. The highest BCUT2D eigenvalue weighted by molar-refractivity contribution is 9.11. The molecule has 0 saturated carbocycles. The van der Waals surface area contributed by atoms with E-state index in [4.69, 9.17) is 0 Å². The van der Waals surface area contributed by atoms with E-state index in [1.807, 2.05) is 11.4 Å². The highest BCUT2D eigenvalue weighted by Gasteiger charge is 2.07. The van der Waals surface area contributed by atoms with Crippen molar-refractivity contribution in [3.8, 4) is 0 Å². The Morgan fingerprint density at radius 3 is 3.06 bits per heavy atom. The molecule has 0 amide bonds. The van der Waals surface area contributed by atoms with E-state index in [0.29, 0.717) is 0 Å². The molecular weight excluding hydrogens is 336 g/mol. The number of nitrogens with zero attached hydrogens (tertiary/aromatic N) is 1. The Morgan fingerprint density at radius 1 is 1.56 bits per heavy atom. The molecule has 7 heteroatoms. The van der Waals surface area contributed by atoms with Crippen LogP contribution in [0.4, 0.5) is 5.13 Å². The van der Waals surface area contributed by atoms with E-state index >= 15 is 0 Å². The van der Waals surface area contributed by atoms with Crippen LogP contribution in [0.3, 0.4) is 0 Å². The van der Waals surface area contributed by atoms with Gasteiger partial charge in [0.25, 0.3) is 0 Å². The topological polar surface area (TPSA) is 51.2 Å². The summed E-state index contributed by atoms with van der Waals surface area (Å²) in [6, 6.07) is 4.08. The standard InChI is InChI=1S/C11H11BrN2O2S2/c1-16-10(15)4-7-6-17-11(14-7)13-5-8-2-3-9(12)18-8/h2-3,6H,4-5H2,1H3,(H,13,14). The van der Waals surface area contributed by atoms with Gasteiger partial charge in [-0.3, -0.25) is 4.79 Å². The molecule has 2 aromatic heterocycles. The first-order valence-corrected chi connectivity index (χ1v) is 7.65. The molecule has 2 rings (SSSR count). The summed E-state index contributed by atoms with van der Waals surface area (Å²) in [5, 5.41) is 5.91. The molecule has 0 atom stereocenters. The van der Waals surface area contributed by atoms with Gasteiger partial charge in [0.05, 0.1) is 29.6 Å². The monoisotopic (exact) mass is 346 g/mol. The fraction of sp³-hybridized carbons (Fsp3) is 0.273. The van der Waals surface area contributed by atoms with E-state index in [1.54, 1.807) is 11.3 Å². The Morgan fingerprint density at radius 2 is 2.39 bits per heavy atom. The van der Waals surface area contributed by atoms with Gasteiger partial charge in [-0.2, -0.15) is 0 Å². The lowest BCUT2D eigenvalue weighted by Crippen LogP contribution is -2.05. The number of halogens is 1. The van der Waals surface area contributed by atoms with Crippen molar-refractivity contribution in [2.24, 2.45) is 0 Å². The van der Waals surface area contributed by atoms with Gasteiger partial charge >= 0.3 is 5.97 Å². The number of methoxy groups -OCH3 is 1. The van der Waals surface area contributed by atoms with Crippen molar-refractivity contribution < 1.29 is 9.53 Å². The van der Waals surface area contributed by atoms with Crippen LogP contribution in [0.25, 0.3) is 0 Å². The quantitative estimate of drug-likeness (QED) is 0.844. The molecular formula is C11H11BrN2O2S2. The van der Waals surface area contributed by atoms with E-state index in [1.165, 1.54) is 23.3 Å². The summed E-state index contributed by atoms with van der Waals surface area (Å²) in [7, 11) is 1.38. The van der Waals surface area contributed by atoms with Gasteiger partial charge in [-0.15, -0.1) is 22.7 Å². The van der Waals surface area contributed by atoms with Crippen LogP contribution in [0.5, 0.6) is 0 Å². The number of aromatic nitrogens is 1. The second-order valence-electron chi connectivity index (χ2n) is 3.46. The van der Waals surface area contributed by atoms with Crippen LogP contribution in [0.15, 0.2) is 21.3 Å². The Labute approximate surface area is 121 Å². The molecule has 0 aliphatic rings. The van der Waals surface area contributed by atoms with Crippen LogP contribution < -0.4 is 5.32 Å². The Kier molecular flexibility index (Phi) is 4.73. The first kappa shape index (κ1) is 13.5. The van der Waals surface area contributed by atoms with Gasteiger partial charge < -0.3 is 10.1 Å². The van der Waals surface area contributed by atoms with Gasteiger partial charge in [0.1, 0.15) is 0 Å². The number of nitrogens with one attached hydrogen (secondary N) is 1. The van der Waals surface area contributed by atoms with Crippen LogP contribution >= 0.6 is 38.6 Å². The largest absolute Gasteiger partial charge is 0.469 e. The minimum absolute atomic E-state index is 0.221. The molecule has 1 N–H and O–H groups in total. The van der Waals surface area contributed by atoms with Crippen LogP contribution in [-0.2, 0) is 22.5 Å². The molecule has 18 heavy (non-hydrogen) atoms. The lowest BCUT2D eigenvalue weighted by atomic mass is 10.3. The number of rotatable bonds is 5. The van der Waals surface area contributed by atoms with E-state index in [0.717, 1.165) is 21.2 Å². The highest BCUT2D eigenvalue weighted by Crippen LogP contribution is 2.23. The number of anilines is 1. The van der Waals surface area contributed by atoms with Gasteiger partial charge in [-0.1, -0.05) is 0 Å². The van der Waals surface area contributed by atoms with E-state index in [9.17, 15) is 4.79 Å². The van der Waals surface area contributed by atoms with Crippen LogP contribution in [-0.4, -0.2) is 18.1 Å². The van der Waals surface area contributed by atoms with Crippen molar-refractivity contribution in [3.05, 3.63) is 31.9 Å². The molecule has 96 valence electrons. The molecule has 2 aromatic rings. The molecule has 0 spiro atoms. The number of ether oxygens (including phenoxy) is 1. The molecule has 0 saturated heterocycles. The van der Waals surface area contributed by atoms with Crippen molar-refractivity contribution >= 4 is 49.7 Å². The second kappa shape index (κ2) is 6.31. The van der Waals surface area contributed by atoms with Crippen molar-refractivity contribution in [1.29, 1.82) is 0 Å². The smallest absolute Gasteiger partial charge is 0.311 e. The lowest BCUT2D eigenvalue weighted by molar-refractivity contribution is -0.139. The third-order valence-electron chi connectivity index (χ3n) is 2.15. The third kappa shape index (κ3) is 3.79. The number of carbonyl (C=O) groups excluding carboxylic acids is 1. The number of hydrogen-bond donors (Lipinski definition) is 1. The zero-order valence-electron chi connectivity index (χ0n) is 9.60. The fourth-order valence-corrected chi connectivity index (χ4v) is 3.43. The molecule has 2 heterocycles. The Bertz CT molecular complexity index is 539. The first-order valence-electron chi connectivity index (χ1n) is 5.16. The van der Waals surface area contributed by atoms with Gasteiger partial charge in [0.2, 0.25) is 0 Å². The van der Waals surface area contributed by atoms with Crippen LogP contribution in [0, 0.1) is 0 Å². The maximum absolute atomic E-state index is 11.1. The second-order valence-corrected chi connectivity index (χ2v) is 6.86. The average Bonchev–Trinajstić information content (AvgIpc) is 2.96. The summed E-state index contributed by atoms with van der Waals surface area (Å²) >= 11 is 6.60. The van der Waals surface area contributed by atoms with Crippen molar-refractivity contribution in [3.63, 3.8) is 0 Å². The summed E-state index contributed by atoms with van der Waals surface area (Å²) < 4.78 is 5.71. The van der Waals surface area contributed by atoms with Crippen molar-refractivity contribution in [2.45, 2.75) is 13.0 Å². The van der Waals surface area contributed by atoms with Crippen LogP contribution in [0.2, 0.25) is 0 Å². The van der Waals surface area contributed by atoms with Gasteiger partial charge in [0.15, 0.2) is 5.13 Å². The third-order valence-corrected chi connectivity index (χ3v) is 4.62. The van der Waals surface area contributed by atoms with E-state index < -0.39 is 0 Å². The predicted octanol–water partition coefficient (Wildman–Crippen LogP) is 3.29. The molecule has 4 nitrogen and oxygen atoms in total. The summed E-state index contributed by atoms with van der Waals surface area (Å²) in [4.78, 5) is 16.6. The summed E-state index contributed by atoms with van der Waals surface area (Å²) in [5.74, 6) is -0.269. The number of carbonyl (C=O) groups is 1. The number of thiophene rings is 1. The van der Waals surface area contributed by atoms with Crippen LogP contribution in [0.1, 0.15) is 10.6 Å². The zero-order valence-corrected chi connectivity index (χ0v) is 12.8. The highest BCUT2D eigenvalue weighted by atomic mass is 79.9. The number of esters is 1. The Hall–Kier alpha value is -0.920. The van der Waals surface area contributed by atoms with Gasteiger partial charge in [-0.25, -0.2) is 4.98 Å². The minimum atomic E-state index is -0.269. The minimum Gasteiger partial charge on any atom is -0.469 e. The molecule has 0 fully saturated rings. The number of thiazole rings is 1. The molecule has 0 radical (unpaired) electrons. The molecule has 0 aromatic carbocycles.